The van der Waals surface area contributed by atoms with Crippen molar-refractivity contribution in [1.82, 2.24) is 4.90 Å². The Morgan fingerprint density at radius 1 is 1.15 bits per heavy atom. The van der Waals surface area contributed by atoms with Gasteiger partial charge in [-0.2, -0.15) is 0 Å². The predicted octanol–water partition coefficient (Wildman–Crippen LogP) is 4.98. The molecule has 3 aliphatic rings. The maximum Gasteiger partial charge on any atom is 0.312 e. The minimum absolute atomic E-state index is 0.0218. The van der Waals surface area contributed by atoms with Gasteiger partial charge < -0.3 is 14.4 Å². The van der Waals surface area contributed by atoms with Gasteiger partial charge in [0.25, 0.3) is 0 Å². The van der Waals surface area contributed by atoms with Crippen LogP contribution >= 0.6 is 0 Å². The van der Waals surface area contributed by atoms with Gasteiger partial charge in [0.2, 0.25) is 0 Å². The van der Waals surface area contributed by atoms with Gasteiger partial charge in [-0.1, -0.05) is 12.8 Å². The van der Waals surface area contributed by atoms with Gasteiger partial charge in [-0.05, 0) is 76.1 Å². The smallest absolute Gasteiger partial charge is 0.312 e. The van der Waals surface area contributed by atoms with Crippen molar-refractivity contribution in [3.05, 3.63) is 30.1 Å². The van der Waals surface area contributed by atoms with E-state index in [-0.39, 0.29) is 29.1 Å². The molecule has 5 nitrogen and oxygen atoms in total. The molecular formula is C27H39FN2O3. The molecule has 6 heteroatoms. The summed E-state index contributed by atoms with van der Waals surface area (Å²) in [5, 5.41) is 0. The maximum atomic E-state index is 13.2. The van der Waals surface area contributed by atoms with Gasteiger partial charge in [0, 0.05) is 50.7 Å². The van der Waals surface area contributed by atoms with Crippen molar-refractivity contribution < 1.29 is 18.7 Å². The third-order valence-electron chi connectivity index (χ3n) is 8.22. The zero-order valence-electron chi connectivity index (χ0n) is 20.2. The second kappa shape index (κ2) is 10.5. The summed E-state index contributed by atoms with van der Waals surface area (Å²) in [6.07, 6.45) is 8.48. The zero-order valence-corrected chi connectivity index (χ0v) is 20.2. The molecule has 0 bridgehead atoms. The third-order valence-corrected chi connectivity index (χ3v) is 8.22. The van der Waals surface area contributed by atoms with Gasteiger partial charge >= 0.3 is 5.97 Å². The van der Waals surface area contributed by atoms with Crippen LogP contribution in [-0.4, -0.2) is 55.0 Å². The van der Waals surface area contributed by atoms with E-state index in [0.717, 1.165) is 83.2 Å². The molecule has 1 aliphatic carbocycles. The van der Waals surface area contributed by atoms with E-state index in [2.05, 4.69) is 16.7 Å². The number of ether oxygens (including phenoxy) is 1. The highest BCUT2D eigenvalue weighted by atomic mass is 19.1. The minimum Gasteiger partial charge on any atom is -0.462 e. The van der Waals surface area contributed by atoms with Crippen LogP contribution in [0, 0.1) is 17.2 Å². The molecular weight excluding hydrogens is 419 g/mol. The van der Waals surface area contributed by atoms with Crippen LogP contribution in [0.5, 0.6) is 0 Å². The first kappa shape index (κ1) is 24.2. The van der Waals surface area contributed by atoms with Crippen molar-refractivity contribution in [3.63, 3.8) is 0 Å². The second-order valence-electron chi connectivity index (χ2n) is 10.6. The Kier molecular flexibility index (Phi) is 7.72. The Labute approximate surface area is 197 Å². The summed E-state index contributed by atoms with van der Waals surface area (Å²) in [6, 6.07) is 7.15. The van der Waals surface area contributed by atoms with Crippen LogP contribution in [-0.2, 0) is 14.3 Å². The number of carbonyl (C=O) groups is 2. The second-order valence-corrected chi connectivity index (χ2v) is 10.6. The average molecular weight is 459 g/mol. The van der Waals surface area contributed by atoms with Crippen molar-refractivity contribution in [2.75, 3.05) is 31.1 Å². The number of halogens is 1. The van der Waals surface area contributed by atoms with E-state index >= 15 is 0 Å². The molecule has 33 heavy (non-hydrogen) atoms. The van der Waals surface area contributed by atoms with Gasteiger partial charge in [0.05, 0.1) is 5.41 Å². The lowest BCUT2D eigenvalue weighted by Crippen LogP contribution is -2.52. The molecule has 1 aromatic rings. The number of anilines is 1. The molecule has 4 rings (SSSR count). The van der Waals surface area contributed by atoms with Crippen molar-refractivity contribution in [3.8, 4) is 0 Å². The highest BCUT2D eigenvalue weighted by Gasteiger charge is 2.49. The van der Waals surface area contributed by atoms with E-state index in [1.165, 1.54) is 12.1 Å². The Hall–Kier alpha value is -1.95. The number of cyclic esters (lactones) is 1. The first-order valence-corrected chi connectivity index (χ1v) is 12.8. The summed E-state index contributed by atoms with van der Waals surface area (Å²) in [7, 11) is 0. The number of Topliss-reactive ketones (excluding diaryl/α,β-unsaturated/α-hetero) is 1. The van der Waals surface area contributed by atoms with Crippen LogP contribution in [0.1, 0.15) is 71.6 Å². The Bertz CT molecular complexity index is 829. The number of carbonyl (C=O) groups excluding carboxylic acids is 2. The SMILES string of the molecule is CC(=O)CCC1CCCC2(CC1)C[C@H](CCN1CCN(c3ccc(F)cc3)C[C@@H]1C)OC2=O. The van der Waals surface area contributed by atoms with Crippen LogP contribution in [0.2, 0.25) is 0 Å². The van der Waals surface area contributed by atoms with Crippen molar-refractivity contribution in [2.24, 2.45) is 11.3 Å². The number of hydrogen-bond donors (Lipinski definition) is 0. The summed E-state index contributed by atoms with van der Waals surface area (Å²) < 4.78 is 19.1. The Morgan fingerprint density at radius 2 is 1.94 bits per heavy atom. The van der Waals surface area contributed by atoms with E-state index in [1.807, 2.05) is 12.1 Å². The molecule has 1 saturated carbocycles. The molecule has 2 aliphatic heterocycles. The highest BCUT2D eigenvalue weighted by Crippen LogP contribution is 2.47. The summed E-state index contributed by atoms with van der Waals surface area (Å²) >= 11 is 0. The van der Waals surface area contributed by atoms with Crippen LogP contribution < -0.4 is 4.90 Å². The molecule has 2 saturated heterocycles. The molecule has 0 aromatic heterocycles. The van der Waals surface area contributed by atoms with Gasteiger partial charge in [-0.3, -0.25) is 9.69 Å². The summed E-state index contributed by atoms with van der Waals surface area (Å²) in [5.41, 5.74) is 0.784. The summed E-state index contributed by atoms with van der Waals surface area (Å²) in [5.74, 6) is 0.656. The lowest BCUT2D eigenvalue weighted by molar-refractivity contribution is -0.149. The van der Waals surface area contributed by atoms with Crippen LogP contribution in [0.3, 0.4) is 0 Å². The number of rotatable bonds is 7. The lowest BCUT2D eigenvalue weighted by Gasteiger charge is -2.41. The van der Waals surface area contributed by atoms with E-state index < -0.39 is 0 Å². The fraction of sp³-hybridized carbons (Fsp3) is 0.704. The summed E-state index contributed by atoms with van der Waals surface area (Å²) in [4.78, 5) is 29.1. The molecule has 0 amide bonds. The fourth-order valence-corrected chi connectivity index (χ4v) is 6.11. The Balaban J connectivity index is 1.25. The quantitative estimate of drug-likeness (QED) is 0.540. The minimum atomic E-state index is -0.289. The number of nitrogens with zero attached hydrogens (tertiary/aromatic N) is 2. The zero-order chi connectivity index (χ0) is 23.4. The fourth-order valence-electron chi connectivity index (χ4n) is 6.11. The van der Waals surface area contributed by atoms with Gasteiger partial charge in [0.1, 0.15) is 17.7 Å². The molecule has 4 atom stereocenters. The van der Waals surface area contributed by atoms with Crippen LogP contribution in [0.4, 0.5) is 10.1 Å². The number of piperazine rings is 1. The number of benzene rings is 1. The van der Waals surface area contributed by atoms with Gasteiger partial charge in [0.15, 0.2) is 0 Å². The molecule has 0 radical (unpaired) electrons. The third kappa shape index (κ3) is 5.95. The van der Waals surface area contributed by atoms with Crippen molar-refractivity contribution >= 4 is 17.4 Å². The largest absolute Gasteiger partial charge is 0.462 e. The highest BCUT2D eigenvalue weighted by molar-refractivity contribution is 5.79. The maximum absolute atomic E-state index is 13.2. The molecule has 2 unspecified atom stereocenters. The molecule has 1 aromatic carbocycles. The first-order valence-electron chi connectivity index (χ1n) is 12.8. The van der Waals surface area contributed by atoms with E-state index in [4.69, 9.17) is 4.74 Å². The van der Waals surface area contributed by atoms with E-state index in [0.29, 0.717) is 18.4 Å². The van der Waals surface area contributed by atoms with E-state index in [9.17, 15) is 14.0 Å². The van der Waals surface area contributed by atoms with Gasteiger partial charge in [-0.15, -0.1) is 0 Å². The van der Waals surface area contributed by atoms with E-state index in [1.54, 1.807) is 6.92 Å². The standard InChI is InChI=1S/C27H39FN2O3/c1-20-19-30(24-9-7-23(28)8-10-24)17-16-29(20)15-12-25-18-27(26(32)33-25)13-3-4-22(11-14-27)6-5-21(2)31/h7-10,20,22,25H,3-6,11-19H2,1-2H3/t20-,22?,25-,27?/m0/s1. The first-order chi connectivity index (χ1) is 15.8. The monoisotopic (exact) mass is 458 g/mol. The molecule has 3 fully saturated rings. The Morgan fingerprint density at radius 3 is 2.67 bits per heavy atom. The predicted molar refractivity (Wildman–Crippen MR) is 128 cm³/mol. The summed E-state index contributed by atoms with van der Waals surface area (Å²) in [6.45, 7) is 7.65. The lowest BCUT2D eigenvalue weighted by atomic mass is 9.77. The molecule has 0 N–H and O–H groups in total. The van der Waals surface area contributed by atoms with Crippen molar-refractivity contribution in [2.45, 2.75) is 83.8 Å². The van der Waals surface area contributed by atoms with Crippen LogP contribution in [0.25, 0.3) is 0 Å². The number of esters is 1. The number of ketones is 1. The van der Waals surface area contributed by atoms with Crippen LogP contribution in [0.15, 0.2) is 24.3 Å². The molecule has 1 spiro atoms. The molecule has 182 valence electrons. The average Bonchev–Trinajstić information content (AvgIpc) is 2.95. The van der Waals surface area contributed by atoms with Gasteiger partial charge in [-0.25, -0.2) is 4.39 Å². The normalized spacial score (nSPS) is 30.9. The topological polar surface area (TPSA) is 49.9 Å². The number of hydrogen-bond acceptors (Lipinski definition) is 5. The van der Waals surface area contributed by atoms with Crippen molar-refractivity contribution in [1.29, 1.82) is 0 Å². The molecule has 2 heterocycles.